The van der Waals surface area contributed by atoms with Gasteiger partial charge >= 0.3 is 6.18 Å². The molecule has 0 bridgehead atoms. The van der Waals surface area contributed by atoms with Gasteiger partial charge in [-0.2, -0.15) is 13.2 Å². The minimum Gasteiger partial charge on any atom is -0.356 e. The van der Waals surface area contributed by atoms with E-state index in [-0.39, 0.29) is 0 Å². The summed E-state index contributed by atoms with van der Waals surface area (Å²) in [5.74, 6) is 1.06. The molecule has 0 fully saturated rings. The molecule has 1 heterocycles. The number of aliphatic imine (C=N–C) groups is 1. The second kappa shape index (κ2) is 9.77. The molecule has 132 valence electrons. The van der Waals surface area contributed by atoms with Crippen molar-refractivity contribution in [2.45, 2.75) is 19.5 Å². The molecule has 23 heavy (non-hydrogen) atoms. The zero-order chi connectivity index (χ0) is 17.3. The summed E-state index contributed by atoms with van der Waals surface area (Å²) in [5, 5.41) is 8.30. The van der Waals surface area contributed by atoms with Crippen LogP contribution in [0.15, 0.2) is 22.5 Å². The van der Waals surface area contributed by atoms with Gasteiger partial charge < -0.3 is 10.6 Å². The third-order valence-electron chi connectivity index (χ3n) is 3.21. The molecule has 1 aromatic heterocycles. The molecule has 0 saturated heterocycles. The van der Waals surface area contributed by atoms with Crippen molar-refractivity contribution in [3.63, 3.8) is 0 Å². The Hall–Kier alpha value is -1.28. The van der Waals surface area contributed by atoms with Crippen LogP contribution in [-0.4, -0.2) is 57.3 Å². The van der Waals surface area contributed by atoms with Crippen molar-refractivity contribution in [3.05, 3.63) is 22.4 Å². The molecule has 4 nitrogen and oxygen atoms in total. The predicted molar refractivity (Wildman–Crippen MR) is 90.1 cm³/mol. The van der Waals surface area contributed by atoms with Gasteiger partial charge in [0.1, 0.15) is 0 Å². The smallest absolute Gasteiger partial charge is 0.356 e. The summed E-state index contributed by atoms with van der Waals surface area (Å²) < 4.78 is 36.7. The van der Waals surface area contributed by atoms with E-state index in [1.54, 1.807) is 18.4 Å². The third kappa shape index (κ3) is 9.45. The van der Waals surface area contributed by atoms with Crippen molar-refractivity contribution in [2.24, 2.45) is 10.9 Å². The fourth-order valence-electron chi connectivity index (χ4n) is 2.09. The molecule has 0 aliphatic rings. The molecule has 0 aliphatic heterocycles. The number of guanidine groups is 1. The molecular weight excluding hydrogens is 325 g/mol. The van der Waals surface area contributed by atoms with Crippen molar-refractivity contribution >= 4 is 17.3 Å². The summed E-state index contributed by atoms with van der Waals surface area (Å²) in [6.07, 6.45) is -3.16. The van der Waals surface area contributed by atoms with Gasteiger partial charge in [0.25, 0.3) is 0 Å². The maximum absolute atomic E-state index is 12.2. The first-order valence-electron chi connectivity index (χ1n) is 7.52. The lowest BCUT2D eigenvalue weighted by molar-refractivity contribution is -0.142. The maximum atomic E-state index is 12.2. The summed E-state index contributed by atoms with van der Waals surface area (Å²) in [7, 11) is 3.10. The van der Waals surface area contributed by atoms with Gasteiger partial charge in [-0.25, -0.2) is 0 Å². The quantitative estimate of drug-likeness (QED) is 0.559. The van der Waals surface area contributed by atoms with Crippen LogP contribution in [0.2, 0.25) is 0 Å². The lowest BCUT2D eigenvalue weighted by atomic mass is 10.1. The fraction of sp³-hybridized carbons (Fsp3) is 0.667. The number of likely N-dealkylation sites (N-methyl/N-ethyl adjacent to an activating group) is 1. The molecule has 0 spiro atoms. The standard InChI is InChI=1S/C15H25F3N4S/c1-12(9-13-5-4-8-23-13)10-21-14(19-2)20-6-7-22(3)11-15(16,17)18/h4-5,8,12H,6-7,9-11H2,1-3H3,(H2,19,20,21). The molecule has 0 aromatic carbocycles. The lowest BCUT2D eigenvalue weighted by Gasteiger charge is -2.20. The number of hydrogen-bond donors (Lipinski definition) is 2. The Labute approximate surface area is 139 Å². The molecule has 0 amide bonds. The number of halogens is 3. The van der Waals surface area contributed by atoms with Gasteiger partial charge in [-0.15, -0.1) is 11.3 Å². The minimum absolute atomic E-state index is 0.297. The van der Waals surface area contributed by atoms with Crippen LogP contribution in [0.1, 0.15) is 11.8 Å². The van der Waals surface area contributed by atoms with Crippen LogP contribution in [0.3, 0.4) is 0 Å². The topological polar surface area (TPSA) is 39.7 Å². The molecule has 0 aliphatic carbocycles. The van der Waals surface area contributed by atoms with E-state index >= 15 is 0 Å². The van der Waals surface area contributed by atoms with Gasteiger partial charge in [0.05, 0.1) is 6.54 Å². The van der Waals surface area contributed by atoms with E-state index in [4.69, 9.17) is 0 Å². The van der Waals surface area contributed by atoms with Crippen LogP contribution in [0.5, 0.6) is 0 Å². The predicted octanol–water partition coefficient (Wildman–Crippen LogP) is 2.59. The van der Waals surface area contributed by atoms with E-state index in [2.05, 4.69) is 34.0 Å². The van der Waals surface area contributed by atoms with Crippen LogP contribution in [0.4, 0.5) is 13.2 Å². The Morgan fingerprint density at radius 3 is 2.70 bits per heavy atom. The molecular formula is C15H25F3N4S. The molecule has 0 radical (unpaired) electrons. The molecule has 1 unspecified atom stereocenters. The number of thiophene rings is 1. The minimum atomic E-state index is -4.16. The van der Waals surface area contributed by atoms with Gasteiger partial charge in [-0.05, 0) is 30.8 Å². The molecule has 1 atom stereocenters. The zero-order valence-corrected chi connectivity index (χ0v) is 14.6. The van der Waals surface area contributed by atoms with Crippen molar-refractivity contribution in [1.29, 1.82) is 0 Å². The highest BCUT2D eigenvalue weighted by Gasteiger charge is 2.28. The van der Waals surface area contributed by atoms with Crippen molar-refractivity contribution in [2.75, 3.05) is 40.3 Å². The van der Waals surface area contributed by atoms with Crippen LogP contribution in [0.25, 0.3) is 0 Å². The lowest BCUT2D eigenvalue weighted by Crippen LogP contribution is -2.43. The third-order valence-corrected chi connectivity index (χ3v) is 4.11. The average Bonchev–Trinajstić information content (AvgIpc) is 2.93. The Bertz CT molecular complexity index is 460. The number of nitrogens with one attached hydrogen (secondary N) is 2. The first-order valence-corrected chi connectivity index (χ1v) is 8.40. The number of alkyl halides is 3. The van der Waals surface area contributed by atoms with Crippen molar-refractivity contribution in [1.82, 2.24) is 15.5 Å². The summed E-state index contributed by atoms with van der Waals surface area (Å²) in [5.41, 5.74) is 0. The van der Waals surface area contributed by atoms with E-state index in [1.807, 2.05) is 6.07 Å². The van der Waals surface area contributed by atoms with Crippen molar-refractivity contribution in [3.8, 4) is 0 Å². The Balaban J connectivity index is 2.21. The fourth-order valence-corrected chi connectivity index (χ4v) is 2.96. The van der Waals surface area contributed by atoms with Crippen LogP contribution in [-0.2, 0) is 6.42 Å². The zero-order valence-electron chi connectivity index (χ0n) is 13.8. The van der Waals surface area contributed by atoms with Crippen LogP contribution >= 0.6 is 11.3 Å². The van der Waals surface area contributed by atoms with Gasteiger partial charge in [0, 0.05) is 31.6 Å². The van der Waals surface area contributed by atoms with E-state index < -0.39 is 12.7 Å². The summed E-state index contributed by atoms with van der Waals surface area (Å²) in [6, 6.07) is 4.16. The van der Waals surface area contributed by atoms with E-state index in [0.29, 0.717) is 25.0 Å². The first-order chi connectivity index (χ1) is 10.8. The summed E-state index contributed by atoms with van der Waals surface area (Å²) in [4.78, 5) is 6.66. The van der Waals surface area contributed by atoms with Gasteiger partial charge in [-0.1, -0.05) is 13.0 Å². The highest BCUT2D eigenvalue weighted by molar-refractivity contribution is 7.09. The molecule has 8 heteroatoms. The Kier molecular flexibility index (Phi) is 8.40. The van der Waals surface area contributed by atoms with Crippen LogP contribution in [0, 0.1) is 5.92 Å². The summed E-state index contributed by atoms with van der Waals surface area (Å²) >= 11 is 1.74. The molecule has 1 rings (SSSR count). The second-order valence-corrected chi connectivity index (χ2v) is 6.65. The Morgan fingerprint density at radius 1 is 1.39 bits per heavy atom. The second-order valence-electron chi connectivity index (χ2n) is 5.62. The number of rotatable bonds is 8. The summed E-state index contributed by atoms with van der Waals surface area (Å²) in [6.45, 7) is 2.71. The number of nitrogens with zero attached hydrogens (tertiary/aromatic N) is 2. The number of hydrogen-bond acceptors (Lipinski definition) is 3. The molecule has 2 N–H and O–H groups in total. The monoisotopic (exact) mass is 350 g/mol. The molecule has 0 saturated carbocycles. The normalized spacial score (nSPS) is 14.1. The average molecular weight is 350 g/mol. The Morgan fingerprint density at radius 2 is 2.13 bits per heavy atom. The van der Waals surface area contributed by atoms with E-state index in [9.17, 15) is 13.2 Å². The van der Waals surface area contributed by atoms with Gasteiger partial charge in [0.2, 0.25) is 0 Å². The maximum Gasteiger partial charge on any atom is 0.401 e. The highest BCUT2D eigenvalue weighted by Crippen LogP contribution is 2.15. The van der Waals surface area contributed by atoms with Crippen LogP contribution < -0.4 is 10.6 Å². The van der Waals surface area contributed by atoms with Crippen molar-refractivity contribution < 1.29 is 13.2 Å². The van der Waals surface area contributed by atoms with E-state index in [1.165, 1.54) is 16.8 Å². The highest BCUT2D eigenvalue weighted by atomic mass is 32.1. The molecule has 1 aromatic rings. The largest absolute Gasteiger partial charge is 0.401 e. The SMILES string of the molecule is CN=C(NCCN(C)CC(F)(F)F)NCC(C)Cc1cccs1. The van der Waals surface area contributed by atoms with Gasteiger partial charge in [-0.3, -0.25) is 9.89 Å². The first kappa shape index (κ1) is 19.8. The van der Waals surface area contributed by atoms with E-state index in [0.717, 1.165) is 13.0 Å². The van der Waals surface area contributed by atoms with Gasteiger partial charge in [0.15, 0.2) is 5.96 Å².